The van der Waals surface area contributed by atoms with Gasteiger partial charge in [-0.15, -0.1) is 0 Å². The minimum absolute atomic E-state index is 0.00128. The van der Waals surface area contributed by atoms with Crippen molar-refractivity contribution in [1.82, 2.24) is 0 Å². The van der Waals surface area contributed by atoms with E-state index in [4.69, 9.17) is 5.11 Å². The molecular formula is C14H11FN2O4. The summed E-state index contributed by atoms with van der Waals surface area (Å²) in [5.74, 6) is -2.35. The number of halogens is 1. The molecule has 6 nitrogen and oxygen atoms in total. The zero-order valence-corrected chi connectivity index (χ0v) is 10.6. The van der Waals surface area contributed by atoms with Gasteiger partial charge >= 0.3 is 12.0 Å². The Kier molecular flexibility index (Phi) is 4.03. The lowest BCUT2D eigenvalue weighted by molar-refractivity contribution is 0.0694. The standard InChI is InChI=1S/C14H11FN2O4/c15-10-3-1-2-4-11(10)17-14(21)16-8-5-6-9(13(19)20)12(18)7-8/h1-7,18H,(H,19,20)(H2,16,17,21). The molecule has 0 atom stereocenters. The lowest BCUT2D eigenvalue weighted by Gasteiger charge is -2.09. The van der Waals surface area contributed by atoms with E-state index >= 15 is 0 Å². The molecule has 0 aliphatic heterocycles. The summed E-state index contributed by atoms with van der Waals surface area (Å²) in [4.78, 5) is 22.4. The number of amides is 2. The van der Waals surface area contributed by atoms with Crippen molar-refractivity contribution in [2.45, 2.75) is 0 Å². The summed E-state index contributed by atoms with van der Waals surface area (Å²) >= 11 is 0. The number of nitrogens with one attached hydrogen (secondary N) is 2. The first-order chi connectivity index (χ1) is 9.97. The molecule has 21 heavy (non-hydrogen) atoms. The summed E-state index contributed by atoms with van der Waals surface area (Å²) < 4.78 is 13.3. The number of carbonyl (C=O) groups is 2. The maximum absolute atomic E-state index is 13.3. The highest BCUT2D eigenvalue weighted by atomic mass is 19.1. The predicted octanol–water partition coefficient (Wildman–Crippen LogP) is 2.87. The van der Waals surface area contributed by atoms with E-state index in [9.17, 15) is 19.1 Å². The minimum Gasteiger partial charge on any atom is -0.507 e. The molecule has 0 fully saturated rings. The molecule has 2 aromatic carbocycles. The molecule has 0 unspecified atom stereocenters. The lowest BCUT2D eigenvalue weighted by Crippen LogP contribution is -2.20. The van der Waals surface area contributed by atoms with Gasteiger partial charge in [-0.3, -0.25) is 0 Å². The Bertz CT molecular complexity index is 703. The Labute approximate surface area is 118 Å². The number of carbonyl (C=O) groups excluding carboxylic acids is 1. The molecule has 2 amide bonds. The fraction of sp³-hybridized carbons (Fsp3) is 0. The van der Waals surface area contributed by atoms with Crippen LogP contribution in [0, 0.1) is 5.82 Å². The molecule has 2 rings (SSSR count). The summed E-state index contributed by atoms with van der Waals surface area (Å²) in [6.45, 7) is 0. The number of carboxylic acid groups (broad SMARTS) is 1. The number of hydrogen-bond acceptors (Lipinski definition) is 3. The van der Waals surface area contributed by atoms with E-state index in [1.165, 1.54) is 24.3 Å². The fourth-order valence-corrected chi connectivity index (χ4v) is 1.64. The van der Waals surface area contributed by atoms with Crippen molar-refractivity contribution < 1.29 is 24.2 Å². The average molecular weight is 290 g/mol. The van der Waals surface area contributed by atoms with Gasteiger partial charge in [0.05, 0.1) is 5.69 Å². The number of phenols is 1. The SMILES string of the molecule is O=C(Nc1ccc(C(=O)O)c(O)c1)Nc1ccccc1F. The van der Waals surface area contributed by atoms with Gasteiger partial charge in [0, 0.05) is 11.8 Å². The van der Waals surface area contributed by atoms with Crippen LogP contribution >= 0.6 is 0 Å². The van der Waals surface area contributed by atoms with Crippen LogP contribution in [0.15, 0.2) is 42.5 Å². The molecular weight excluding hydrogens is 279 g/mol. The van der Waals surface area contributed by atoms with Gasteiger partial charge in [0.2, 0.25) is 0 Å². The van der Waals surface area contributed by atoms with E-state index in [0.717, 1.165) is 12.1 Å². The molecule has 0 bridgehead atoms. The summed E-state index contributed by atoms with van der Waals surface area (Å²) in [5, 5.41) is 22.9. The molecule has 7 heteroatoms. The monoisotopic (exact) mass is 290 g/mol. The van der Waals surface area contributed by atoms with Crippen LogP contribution < -0.4 is 10.6 Å². The molecule has 108 valence electrons. The number of benzene rings is 2. The highest BCUT2D eigenvalue weighted by Crippen LogP contribution is 2.22. The van der Waals surface area contributed by atoms with Gasteiger partial charge in [0.1, 0.15) is 17.1 Å². The molecule has 0 saturated heterocycles. The van der Waals surface area contributed by atoms with Crippen molar-refractivity contribution in [2.75, 3.05) is 10.6 Å². The first kappa shape index (κ1) is 14.3. The summed E-state index contributed by atoms with van der Waals surface area (Å²) in [6, 6.07) is 8.46. The maximum Gasteiger partial charge on any atom is 0.339 e. The van der Waals surface area contributed by atoms with Gasteiger partial charge in [-0.05, 0) is 24.3 Å². The van der Waals surface area contributed by atoms with Crippen molar-refractivity contribution in [2.24, 2.45) is 0 Å². The summed E-state index contributed by atoms with van der Waals surface area (Å²) in [7, 11) is 0. The molecule has 4 N–H and O–H groups in total. The van der Waals surface area contributed by atoms with E-state index in [-0.39, 0.29) is 16.9 Å². The van der Waals surface area contributed by atoms with E-state index in [0.29, 0.717) is 0 Å². The number of urea groups is 1. The third kappa shape index (κ3) is 3.47. The second-order valence-corrected chi connectivity index (χ2v) is 4.10. The number of hydrogen-bond donors (Lipinski definition) is 4. The van der Waals surface area contributed by atoms with Gasteiger partial charge in [0.15, 0.2) is 0 Å². The Balaban J connectivity index is 2.08. The quantitative estimate of drug-likeness (QED) is 0.698. The van der Waals surface area contributed by atoms with Crippen LogP contribution in [0.4, 0.5) is 20.6 Å². The van der Waals surface area contributed by atoms with Gasteiger partial charge in [-0.25, -0.2) is 14.0 Å². The summed E-state index contributed by atoms with van der Waals surface area (Å²) in [6.07, 6.45) is 0. The van der Waals surface area contributed by atoms with Crippen molar-refractivity contribution in [3.05, 3.63) is 53.8 Å². The predicted molar refractivity (Wildman–Crippen MR) is 74.1 cm³/mol. The van der Waals surface area contributed by atoms with Crippen LogP contribution in [0.2, 0.25) is 0 Å². The Morgan fingerprint density at radius 1 is 1.05 bits per heavy atom. The molecule has 0 aliphatic rings. The third-order valence-corrected chi connectivity index (χ3v) is 2.61. The Morgan fingerprint density at radius 3 is 2.38 bits per heavy atom. The first-order valence-corrected chi connectivity index (χ1v) is 5.86. The van der Waals surface area contributed by atoms with Gasteiger partial charge < -0.3 is 20.8 Å². The van der Waals surface area contributed by atoms with Gasteiger partial charge in [-0.1, -0.05) is 12.1 Å². The number of carboxylic acids is 1. The van der Waals surface area contributed by atoms with Crippen LogP contribution in [0.3, 0.4) is 0 Å². The van der Waals surface area contributed by atoms with Crippen LogP contribution in [0.1, 0.15) is 10.4 Å². The lowest BCUT2D eigenvalue weighted by atomic mass is 10.2. The molecule has 0 radical (unpaired) electrons. The van der Waals surface area contributed by atoms with E-state index in [1.54, 1.807) is 6.07 Å². The van der Waals surface area contributed by atoms with Crippen LogP contribution in [-0.4, -0.2) is 22.2 Å². The van der Waals surface area contributed by atoms with Crippen molar-refractivity contribution in [3.63, 3.8) is 0 Å². The molecule has 0 saturated carbocycles. The van der Waals surface area contributed by atoms with Crippen molar-refractivity contribution in [1.29, 1.82) is 0 Å². The second kappa shape index (κ2) is 5.91. The van der Waals surface area contributed by atoms with Crippen molar-refractivity contribution in [3.8, 4) is 5.75 Å². The first-order valence-electron chi connectivity index (χ1n) is 5.86. The number of aromatic carboxylic acids is 1. The normalized spacial score (nSPS) is 9.95. The third-order valence-electron chi connectivity index (χ3n) is 2.61. The smallest absolute Gasteiger partial charge is 0.339 e. The zero-order valence-electron chi connectivity index (χ0n) is 10.6. The van der Waals surface area contributed by atoms with E-state index in [2.05, 4.69) is 10.6 Å². The fourth-order valence-electron chi connectivity index (χ4n) is 1.64. The molecule has 2 aromatic rings. The number of aromatic hydroxyl groups is 1. The van der Waals surface area contributed by atoms with Gasteiger partial charge in [0.25, 0.3) is 0 Å². The highest BCUT2D eigenvalue weighted by molar-refractivity contribution is 6.00. The topological polar surface area (TPSA) is 98.7 Å². The van der Waals surface area contributed by atoms with Crippen LogP contribution in [-0.2, 0) is 0 Å². The Morgan fingerprint density at radius 2 is 1.76 bits per heavy atom. The molecule has 0 aliphatic carbocycles. The van der Waals surface area contributed by atoms with Gasteiger partial charge in [-0.2, -0.15) is 0 Å². The Hall–Kier alpha value is -3.09. The van der Waals surface area contributed by atoms with Crippen LogP contribution in [0.25, 0.3) is 0 Å². The number of para-hydroxylation sites is 1. The van der Waals surface area contributed by atoms with Crippen molar-refractivity contribution >= 4 is 23.4 Å². The van der Waals surface area contributed by atoms with E-state index < -0.39 is 23.6 Å². The minimum atomic E-state index is -1.28. The maximum atomic E-state index is 13.3. The molecule has 0 heterocycles. The number of rotatable bonds is 3. The summed E-state index contributed by atoms with van der Waals surface area (Å²) in [5.41, 5.74) is -0.109. The number of anilines is 2. The molecule has 0 aromatic heterocycles. The largest absolute Gasteiger partial charge is 0.507 e. The highest BCUT2D eigenvalue weighted by Gasteiger charge is 2.11. The zero-order chi connectivity index (χ0) is 15.4. The van der Waals surface area contributed by atoms with E-state index in [1.807, 2.05) is 0 Å². The second-order valence-electron chi connectivity index (χ2n) is 4.10. The average Bonchev–Trinajstić information content (AvgIpc) is 2.41. The van der Waals surface area contributed by atoms with Crippen LogP contribution in [0.5, 0.6) is 5.75 Å². The molecule has 0 spiro atoms.